The lowest BCUT2D eigenvalue weighted by Crippen LogP contribution is -2.12. The molecule has 18 heavy (non-hydrogen) atoms. The van der Waals surface area contributed by atoms with Crippen LogP contribution < -0.4 is 4.74 Å². The minimum absolute atomic E-state index is 0.256. The summed E-state index contributed by atoms with van der Waals surface area (Å²) in [6.07, 6.45) is 0.753. The molecule has 1 rings (SSSR count). The van der Waals surface area contributed by atoms with Gasteiger partial charge in [-0.3, -0.25) is 0 Å². The summed E-state index contributed by atoms with van der Waals surface area (Å²) in [4.78, 5) is 27.8. The van der Waals surface area contributed by atoms with Gasteiger partial charge >= 0.3 is 6.72 Å². The van der Waals surface area contributed by atoms with Crippen LogP contribution >= 0.6 is 6.72 Å². The van der Waals surface area contributed by atoms with Crippen molar-refractivity contribution in [2.75, 3.05) is 19.0 Å². The number of hydrogen-bond donors (Lipinski definition) is 3. The van der Waals surface area contributed by atoms with Crippen LogP contribution in [0.3, 0.4) is 0 Å². The molecule has 0 bridgehead atoms. The molecule has 1 unspecified atom stereocenters. The van der Waals surface area contributed by atoms with Crippen LogP contribution in [0.1, 0.15) is 13.3 Å². The van der Waals surface area contributed by atoms with E-state index in [0.717, 1.165) is 6.42 Å². The van der Waals surface area contributed by atoms with Gasteiger partial charge in [0.15, 0.2) is 0 Å². The van der Waals surface area contributed by atoms with Gasteiger partial charge in [0, 0.05) is 10.4 Å². The lowest BCUT2D eigenvalue weighted by Gasteiger charge is -2.15. The fourth-order valence-corrected chi connectivity index (χ4v) is 3.87. The zero-order valence-corrected chi connectivity index (χ0v) is 11.9. The molecule has 1 atom stereocenters. The van der Waals surface area contributed by atoms with E-state index in [9.17, 15) is 14.7 Å². The summed E-state index contributed by atoms with van der Waals surface area (Å²) in [6, 6.07) is 9.20. The van der Waals surface area contributed by atoms with Gasteiger partial charge in [0.25, 0.3) is 0 Å². The third-order valence-electron chi connectivity index (χ3n) is 1.97. The first kappa shape index (κ1) is 15.7. The first-order valence-corrected chi connectivity index (χ1v) is 9.21. The molecule has 3 N–H and O–H groups in total. The molecule has 0 saturated heterocycles. The Hall–Kier alpha value is -0.360. The molecule has 0 aliphatic heterocycles. The molecule has 0 heterocycles. The van der Waals surface area contributed by atoms with E-state index in [-0.39, 0.29) is 12.4 Å². The molecular weight excluding hydrogens is 275 g/mol. The summed E-state index contributed by atoms with van der Waals surface area (Å²) in [7, 11) is -1.26. The fourth-order valence-electron chi connectivity index (χ4n) is 1.18. The Kier molecular flexibility index (Phi) is 6.92. The maximum Gasteiger partial charge on any atom is 0.302 e. The van der Waals surface area contributed by atoms with E-state index in [1.54, 1.807) is 0 Å². The average molecular weight is 294 g/mol. The van der Waals surface area contributed by atoms with Gasteiger partial charge in [0.1, 0.15) is 5.75 Å². The molecule has 0 aromatic heterocycles. The van der Waals surface area contributed by atoms with E-state index in [1.165, 1.54) is 0 Å². The van der Waals surface area contributed by atoms with Gasteiger partial charge in [0.05, 0.1) is 19.0 Å². The second kappa shape index (κ2) is 7.94. The Balaban J connectivity index is 2.49. The van der Waals surface area contributed by atoms with Crippen molar-refractivity contribution in [2.45, 2.75) is 13.3 Å². The Morgan fingerprint density at radius 1 is 1.11 bits per heavy atom. The van der Waals surface area contributed by atoms with Crippen molar-refractivity contribution in [3.63, 3.8) is 0 Å². The molecule has 0 aliphatic rings. The van der Waals surface area contributed by atoms with Gasteiger partial charge in [-0.05, 0) is 18.6 Å². The Bertz CT molecular complexity index is 395. The van der Waals surface area contributed by atoms with Gasteiger partial charge < -0.3 is 23.6 Å². The molecule has 0 fully saturated rings. The number of rotatable bonds is 7. The summed E-state index contributed by atoms with van der Waals surface area (Å²) in [5.74, 6) is 0.959. The predicted molar refractivity (Wildman–Crippen MR) is 74.0 cm³/mol. The summed E-state index contributed by atoms with van der Waals surface area (Å²) in [6.45, 7) is -1.39. The SMILES string of the molecule is CCCOS(CCOc1ccccc1)=P(O)(O)O. The number of para-hydroxylation sites is 1. The molecule has 0 amide bonds. The van der Waals surface area contributed by atoms with Crippen LogP contribution in [0.5, 0.6) is 5.75 Å². The Labute approximate surface area is 109 Å². The predicted octanol–water partition coefficient (Wildman–Crippen LogP) is 1.68. The van der Waals surface area contributed by atoms with Crippen molar-refractivity contribution in [1.29, 1.82) is 0 Å². The topological polar surface area (TPSA) is 79.2 Å². The monoisotopic (exact) mass is 294 g/mol. The fraction of sp³-hybridized carbons (Fsp3) is 0.455. The molecule has 0 radical (unpaired) electrons. The van der Waals surface area contributed by atoms with Crippen LogP contribution in [0.2, 0.25) is 0 Å². The minimum atomic E-state index is -3.95. The van der Waals surface area contributed by atoms with E-state index in [2.05, 4.69) is 0 Å². The van der Waals surface area contributed by atoms with Crippen LogP contribution in [0.4, 0.5) is 0 Å². The highest BCUT2D eigenvalue weighted by Crippen LogP contribution is 2.37. The zero-order valence-electron chi connectivity index (χ0n) is 10.2. The van der Waals surface area contributed by atoms with Crippen molar-refractivity contribution in [1.82, 2.24) is 0 Å². The van der Waals surface area contributed by atoms with E-state index < -0.39 is 17.1 Å². The molecule has 7 heteroatoms. The normalized spacial score (nSPS) is 13.3. The van der Waals surface area contributed by atoms with E-state index in [1.807, 2.05) is 37.3 Å². The first-order valence-electron chi connectivity index (χ1n) is 5.64. The standard InChI is InChI=1S/C11H19O5PS/c1-2-8-16-18(17(12,13)14)10-9-15-11-6-4-3-5-7-11/h3-7,12-14H,2,8-10H2,1H3. The van der Waals surface area contributed by atoms with E-state index in [4.69, 9.17) is 8.92 Å². The molecule has 5 nitrogen and oxygen atoms in total. The van der Waals surface area contributed by atoms with Crippen LogP contribution in [-0.4, -0.2) is 33.6 Å². The Morgan fingerprint density at radius 2 is 1.78 bits per heavy atom. The highest BCUT2D eigenvalue weighted by Gasteiger charge is 2.13. The van der Waals surface area contributed by atoms with Gasteiger partial charge in [-0.15, -0.1) is 0 Å². The van der Waals surface area contributed by atoms with Gasteiger partial charge in [-0.2, -0.15) is 0 Å². The summed E-state index contributed by atoms with van der Waals surface area (Å²) >= 11 is 0. The number of ether oxygens (including phenoxy) is 1. The highest BCUT2D eigenvalue weighted by atomic mass is 32.5. The summed E-state index contributed by atoms with van der Waals surface area (Å²) in [5, 5.41) is 0. The maximum atomic E-state index is 9.26. The molecule has 0 aliphatic carbocycles. The van der Waals surface area contributed by atoms with Crippen molar-refractivity contribution < 1.29 is 23.6 Å². The third-order valence-corrected chi connectivity index (χ3v) is 5.97. The van der Waals surface area contributed by atoms with Gasteiger partial charge in [-0.1, -0.05) is 25.1 Å². The summed E-state index contributed by atoms with van der Waals surface area (Å²) in [5.41, 5.74) is 0. The molecule has 0 saturated carbocycles. The lowest BCUT2D eigenvalue weighted by atomic mass is 10.3. The molecular formula is C11H19O5PS. The molecule has 1 aromatic carbocycles. The quantitative estimate of drug-likeness (QED) is 0.667. The van der Waals surface area contributed by atoms with Crippen molar-refractivity contribution in [3.8, 4) is 5.75 Å². The maximum absolute atomic E-state index is 9.26. The van der Waals surface area contributed by atoms with E-state index >= 15 is 0 Å². The van der Waals surface area contributed by atoms with Gasteiger partial charge in [-0.25, -0.2) is 0 Å². The molecule has 104 valence electrons. The van der Waals surface area contributed by atoms with Crippen LogP contribution in [0.25, 0.3) is 0 Å². The highest BCUT2D eigenvalue weighted by molar-refractivity contribution is 8.24. The minimum Gasteiger partial charge on any atom is -0.493 e. The molecule has 0 spiro atoms. The second-order valence-electron chi connectivity index (χ2n) is 3.52. The summed E-state index contributed by atoms with van der Waals surface area (Å²) < 4.78 is 10.7. The largest absolute Gasteiger partial charge is 0.493 e. The number of benzene rings is 1. The zero-order chi connectivity index (χ0) is 13.4. The first-order chi connectivity index (χ1) is 8.54. The second-order valence-corrected chi connectivity index (χ2v) is 8.53. The van der Waals surface area contributed by atoms with Crippen molar-refractivity contribution in [2.24, 2.45) is 0 Å². The lowest BCUT2D eigenvalue weighted by molar-refractivity contribution is 0.324. The third kappa shape index (κ3) is 6.00. The van der Waals surface area contributed by atoms with Crippen LogP contribution in [0, 0.1) is 0 Å². The molecule has 1 aromatic rings. The Morgan fingerprint density at radius 3 is 2.33 bits per heavy atom. The van der Waals surface area contributed by atoms with Crippen molar-refractivity contribution in [3.05, 3.63) is 30.3 Å². The van der Waals surface area contributed by atoms with Crippen molar-refractivity contribution >= 4 is 17.1 Å². The van der Waals surface area contributed by atoms with Crippen LogP contribution in [0.15, 0.2) is 30.3 Å². The van der Waals surface area contributed by atoms with E-state index in [0.29, 0.717) is 12.4 Å². The smallest absolute Gasteiger partial charge is 0.302 e. The van der Waals surface area contributed by atoms with Crippen LogP contribution in [-0.2, 0) is 14.5 Å². The number of hydrogen-bond acceptors (Lipinski definition) is 2. The average Bonchev–Trinajstić information content (AvgIpc) is 2.33. The van der Waals surface area contributed by atoms with Gasteiger partial charge in [0.2, 0.25) is 0 Å².